The van der Waals surface area contributed by atoms with Gasteiger partial charge in [-0.15, -0.1) is 0 Å². The molecule has 1 heterocycles. The zero-order chi connectivity index (χ0) is 21.1. The molecule has 0 aliphatic carbocycles. The van der Waals surface area contributed by atoms with E-state index in [1.807, 2.05) is 18.2 Å². The molecule has 0 spiro atoms. The van der Waals surface area contributed by atoms with E-state index in [0.29, 0.717) is 23.2 Å². The fraction of sp³-hybridized carbons (Fsp3) is 0.348. The van der Waals surface area contributed by atoms with Crippen LogP contribution in [0.15, 0.2) is 30.3 Å². The largest absolute Gasteiger partial charge is 0.493 e. The van der Waals surface area contributed by atoms with Gasteiger partial charge in [0.05, 0.1) is 33.4 Å². The van der Waals surface area contributed by atoms with Crippen molar-refractivity contribution in [3.8, 4) is 28.5 Å². The van der Waals surface area contributed by atoms with Crippen LogP contribution in [0.25, 0.3) is 22.2 Å². The number of hydrogen-bond acceptors (Lipinski definition) is 4. The molecule has 1 atom stereocenters. The molecule has 0 bridgehead atoms. The highest BCUT2D eigenvalue weighted by Gasteiger charge is 2.21. The highest BCUT2D eigenvalue weighted by atomic mass is 16.5. The van der Waals surface area contributed by atoms with Gasteiger partial charge in [-0.25, -0.2) is 0 Å². The van der Waals surface area contributed by atoms with E-state index in [9.17, 15) is 9.90 Å². The van der Waals surface area contributed by atoms with Crippen LogP contribution in [-0.2, 0) is 11.2 Å². The molecule has 1 aromatic heterocycles. The molecule has 0 saturated heterocycles. The Morgan fingerprint density at radius 1 is 1.07 bits per heavy atom. The Morgan fingerprint density at radius 2 is 1.72 bits per heavy atom. The lowest BCUT2D eigenvalue weighted by Gasteiger charge is -2.14. The number of benzene rings is 2. The lowest BCUT2D eigenvalue weighted by atomic mass is 9.95. The lowest BCUT2D eigenvalue weighted by Crippen LogP contribution is -2.02. The molecule has 2 aromatic carbocycles. The minimum atomic E-state index is -0.881. The molecule has 0 fully saturated rings. The molecule has 3 rings (SSSR count). The second kappa shape index (κ2) is 8.47. The van der Waals surface area contributed by atoms with Gasteiger partial charge in [0.2, 0.25) is 5.75 Å². The first-order valence-electron chi connectivity index (χ1n) is 9.60. The van der Waals surface area contributed by atoms with E-state index >= 15 is 0 Å². The van der Waals surface area contributed by atoms with Gasteiger partial charge in [0.1, 0.15) is 0 Å². The predicted octanol–water partition coefficient (Wildman–Crippen LogP) is 5.00. The van der Waals surface area contributed by atoms with Crippen molar-refractivity contribution in [2.24, 2.45) is 0 Å². The first-order chi connectivity index (χ1) is 13.9. The summed E-state index contributed by atoms with van der Waals surface area (Å²) >= 11 is 0. The van der Waals surface area contributed by atoms with Crippen molar-refractivity contribution in [3.05, 3.63) is 41.5 Å². The third kappa shape index (κ3) is 3.88. The molecule has 29 heavy (non-hydrogen) atoms. The Labute approximate surface area is 170 Å². The number of rotatable bonds is 8. The zero-order valence-corrected chi connectivity index (χ0v) is 17.5. The zero-order valence-electron chi connectivity index (χ0n) is 17.5. The number of hydrogen-bond donors (Lipinski definition) is 2. The van der Waals surface area contributed by atoms with Gasteiger partial charge in [-0.3, -0.25) is 4.79 Å². The molecular weight excluding hydrogens is 370 g/mol. The van der Waals surface area contributed by atoms with Crippen LogP contribution in [-0.4, -0.2) is 37.4 Å². The van der Waals surface area contributed by atoms with Gasteiger partial charge in [0.25, 0.3) is 0 Å². The molecule has 0 aliphatic rings. The summed E-state index contributed by atoms with van der Waals surface area (Å²) < 4.78 is 16.3. The van der Waals surface area contributed by atoms with Gasteiger partial charge in [-0.1, -0.05) is 19.9 Å². The lowest BCUT2D eigenvalue weighted by molar-refractivity contribution is -0.136. The predicted molar refractivity (Wildman–Crippen MR) is 113 cm³/mol. The monoisotopic (exact) mass is 397 g/mol. The molecule has 6 heteroatoms. The van der Waals surface area contributed by atoms with Crippen molar-refractivity contribution in [3.63, 3.8) is 0 Å². The molecular formula is C23H27NO5. The van der Waals surface area contributed by atoms with Crippen LogP contribution < -0.4 is 14.2 Å². The van der Waals surface area contributed by atoms with Crippen LogP contribution in [0.4, 0.5) is 0 Å². The summed E-state index contributed by atoms with van der Waals surface area (Å²) in [5, 5.41) is 10.5. The van der Waals surface area contributed by atoms with E-state index < -0.39 is 5.97 Å². The van der Waals surface area contributed by atoms with Gasteiger partial charge < -0.3 is 24.3 Å². The number of H-pyrrole nitrogens is 1. The molecule has 0 saturated carbocycles. The van der Waals surface area contributed by atoms with Gasteiger partial charge in [-0.2, -0.15) is 0 Å². The van der Waals surface area contributed by atoms with Crippen molar-refractivity contribution in [1.82, 2.24) is 4.98 Å². The van der Waals surface area contributed by atoms with Crippen LogP contribution >= 0.6 is 0 Å². The maximum Gasteiger partial charge on any atom is 0.307 e. The molecule has 6 nitrogen and oxygen atoms in total. The minimum Gasteiger partial charge on any atom is -0.493 e. The maximum absolute atomic E-state index is 11.6. The third-order valence-electron chi connectivity index (χ3n) is 5.39. The minimum absolute atomic E-state index is 0.0873. The van der Waals surface area contributed by atoms with E-state index in [2.05, 4.69) is 31.0 Å². The standard InChI is InChI=1S/C23H27NO5/c1-6-13(2)14-7-8-18-16(9-14)17(12-21(25)26)22(24-18)15-10-19(27-3)23(29-5)20(11-15)28-4/h7-11,13,24H,6,12H2,1-5H3,(H,25,26). The SMILES string of the molecule is CCC(C)c1ccc2[nH]c(-c3cc(OC)c(OC)c(OC)c3)c(CC(=O)O)c2c1. The van der Waals surface area contributed by atoms with E-state index in [4.69, 9.17) is 14.2 Å². The average molecular weight is 397 g/mol. The number of aromatic nitrogens is 1. The number of fused-ring (bicyclic) bond motifs is 1. The van der Waals surface area contributed by atoms with Crippen molar-refractivity contribution in [2.75, 3.05) is 21.3 Å². The molecule has 2 N–H and O–H groups in total. The number of carboxylic acids is 1. The normalized spacial score (nSPS) is 12.0. The van der Waals surface area contributed by atoms with Crippen molar-refractivity contribution in [2.45, 2.75) is 32.6 Å². The van der Waals surface area contributed by atoms with Crippen LogP contribution in [0.2, 0.25) is 0 Å². The topological polar surface area (TPSA) is 80.8 Å². The first kappa shape index (κ1) is 20.6. The van der Waals surface area contributed by atoms with Crippen LogP contribution in [0.3, 0.4) is 0 Å². The molecule has 3 aromatic rings. The van der Waals surface area contributed by atoms with Crippen LogP contribution in [0.5, 0.6) is 17.2 Å². The van der Waals surface area contributed by atoms with Crippen molar-refractivity contribution in [1.29, 1.82) is 0 Å². The fourth-order valence-electron chi connectivity index (χ4n) is 3.61. The Balaban J connectivity index is 2.27. The summed E-state index contributed by atoms with van der Waals surface area (Å²) in [6.45, 7) is 4.32. The highest BCUT2D eigenvalue weighted by molar-refractivity contribution is 5.94. The quantitative estimate of drug-likeness (QED) is 0.559. The summed E-state index contributed by atoms with van der Waals surface area (Å²) in [5.74, 6) is 1.04. The summed E-state index contributed by atoms with van der Waals surface area (Å²) in [4.78, 5) is 15.0. The first-order valence-corrected chi connectivity index (χ1v) is 9.60. The second-order valence-electron chi connectivity index (χ2n) is 7.08. The molecule has 1 unspecified atom stereocenters. The third-order valence-corrected chi connectivity index (χ3v) is 5.39. The van der Waals surface area contributed by atoms with Crippen molar-refractivity contribution < 1.29 is 24.1 Å². The number of aromatic amines is 1. The number of aliphatic carboxylic acids is 1. The molecule has 0 aliphatic heterocycles. The van der Waals surface area contributed by atoms with Gasteiger partial charge >= 0.3 is 5.97 Å². The van der Waals surface area contributed by atoms with E-state index in [1.165, 1.54) is 5.56 Å². The van der Waals surface area contributed by atoms with Crippen LogP contribution in [0.1, 0.15) is 37.3 Å². The summed E-state index contributed by atoms with van der Waals surface area (Å²) in [7, 11) is 4.67. The Kier molecular flexibility index (Phi) is 6.01. The Bertz CT molecular complexity index is 1010. The van der Waals surface area contributed by atoms with E-state index in [-0.39, 0.29) is 6.42 Å². The van der Waals surface area contributed by atoms with Gasteiger partial charge in [0.15, 0.2) is 11.5 Å². The Hall–Kier alpha value is -3.15. The summed E-state index contributed by atoms with van der Waals surface area (Å²) in [6, 6.07) is 9.86. The van der Waals surface area contributed by atoms with Crippen molar-refractivity contribution >= 4 is 16.9 Å². The average Bonchev–Trinajstić information content (AvgIpc) is 3.08. The van der Waals surface area contributed by atoms with E-state index in [1.54, 1.807) is 21.3 Å². The summed E-state index contributed by atoms with van der Waals surface area (Å²) in [6.07, 6.45) is 0.930. The number of methoxy groups -OCH3 is 3. The number of ether oxygens (including phenoxy) is 3. The molecule has 0 amide bonds. The van der Waals surface area contributed by atoms with Crippen LogP contribution in [0, 0.1) is 0 Å². The maximum atomic E-state index is 11.6. The fourth-order valence-corrected chi connectivity index (χ4v) is 3.61. The second-order valence-corrected chi connectivity index (χ2v) is 7.08. The van der Waals surface area contributed by atoms with E-state index in [0.717, 1.165) is 34.1 Å². The smallest absolute Gasteiger partial charge is 0.307 e. The number of carbonyl (C=O) groups is 1. The molecule has 154 valence electrons. The number of carboxylic acid groups (broad SMARTS) is 1. The summed E-state index contributed by atoms with van der Waals surface area (Å²) in [5.41, 5.74) is 4.35. The Morgan fingerprint density at radius 3 is 2.24 bits per heavy atom. The highest BCUT2D eigenvalue weighted by Crippen LogP contribution is 2.43. The van der Waals surface area contributed by atoms with Gasteiger partial charge in [-0.05, 0) is 47.7 Å². The molecule has 0 radical (unpaired) electrons. The van der Waals surface area contributed by atoms with Gasteiger partial charge in [0, 0.05) is 16.5 Å². The number of nitrogens with one attached hydrogen (secondary N) is 1.